The van der Waals surface area contributed by atoms with Gasteiger partial charge in [-0.05, 0) is 6.92 Å². The second-order valence-corrected chi connectivity index (χ2v) is 3.10. The summed E-state index contributed by atoms with van der Waals surface area (Å²) in [5.74, 6) is 0.764. The maximum absolute atomic E-state index is 10.4. The van der Waals surface area contributed by atoms with Crippen molar-refractivity contribution in [3.63, 3.8) is 0 Å². The van der Waals surface area contributed by atoms with Gasteiger partial charge in [-0.1, -0.05) is 6.08 Å². The van der Waals surface area contributed by atoms with Gasteiger partial charge in [0, 0.05) is 12.6 Å². The van der Waals surface area contributed by atoms with Crippen LogP contribution >= 0.6 is 0 Å². The Morgan fingerprint density at radius 3 is 2.69 bits per heavy atom. The molecule has 0 unspecified atom stereocenters. The van der Waals surface area contributed by atoms with E-state index in [0.717, 1.165) is 0 Å². The lowest BCUT2D eigenvalue weighted by molar-refractivity contribution is -0.134. The van der Waals surface area contributed by atoms with Gasteiger partial charge in [-0.3, -0.25) is 4.79 Å². The molecule has 0 atom stereocenters. The molecule has 0 aliphatic heterocycles. The molecule has 1 aromatic rings. The van der Waals surface area contributed by atoms with E-state index in [1.54, 1.807) is 19.1 Å². The smallest absolute Gasteiger partial charge is 0.322 e. The molecule has 1 rings (SSSR count). The molecule has 0 fully saturated rings. The quantitative estimate of drug-likeness (QED) is 0.619. The number of carbonyl (C=O) groups is 1. The molecular weight excluding hydrogens is 208 g/mol. The number of anilines is 2. The summed E-state index contributed by atoms with van der Waals surface area (Å²) in [7, 11) is 0. The first-order valence-corrected chi connectivity index (χ1v) is 4.78. The average Bonchev–Trinajstić information content (AvgIpc) is 2.23. The molecule has 0 radical (unpaired) electrons. The number of carboxylic acids is 1. The number of aryl methyl sites for hydroxylation is 1. The monoisotopic (exact) mass is 222 g/mol. The lowest BCUT2D eigenvalue weighted by atomic mass is 10.4. The van der Waals surface area contributed by atoms with E-state index in [0.29, 0.717) is 24.0 Å². The molecule has 0 saturated carbocycles. The third-order valence-electron chi connectivity index (χ3n) is 1.69. The largest absolute Gasteiger partial charge is 0.480 e. The highest BCUT2D eigenvalue weighted by Crippen LogP contribution is 2.10. The summed E-state index contributed by atoms with van der Waals surface area (Å²) in [4.78, 5) is 18.6. The second kappa shape index (κ2) is 5.69. The topological polar surface area (TPSA) is 87.1 Å². The predicted octanol–water partition coefficient (Wildman–Crippen LogP) is 0.879. The number of hydrogen-bond donors (Lipinski definition) is 3. The standard InChI is InChI=1S/C10H14N4O2/c1-3-4-11-8-5-9(12-6-10(15)16)14-7(2)13-8/h3,5H,1,4,6H2,2H3,(H,15,16)(H2,11,12,13,14). The van der Waals surface area contributed by atoms with Crippen LogP contribution in [-0.2, 0) is 4.79 Å². The Morgan fingerprint density at radius 2 is 2.12 bits per heavy atom. The van der Waals surface area contributed by atoms with Gasteiger partial charge in [0.2, 0.25) is 0 Å². The van der Waals surface area contributed by atoms with Gasteiger partial charge >= 0.3 is 5.97 Å². The Bertz CT molecular complexity index is 392. The highest BCUT2D eigenvalue weighted by Gasteiger charge is 2.02. The van der Waals surface area contributed by atoms with Crippen LogP contribution in [0.5, 0.6) is 0 Å². The Kier molecular flexibility index (Phi) is 4.26. The van der Waals surface area contributed by atoms with Crippen LogP contribution in [0.3, 0.4) is 0 Å². The minimum Gasteiger partial charge on any atom is -0.480 e. The fourth-order valence-corrected chi connectivity index (χ4v) is 1.09. The van der Waals surface area contributed by atoms with Gasteiger partial charge in [0.05, 0.1) is 0 Å². The minimum atomic E-state index is -0.933. The van der Waals surface area contributed by atoms with Crippen LogP contribution in [-0.4, -0.2) is 34.1 Å². The van der Waals surface area contributed by atoms with Crippen molar-refractivity contribution in [1.82, 2.24) is 9.97 Å². The molecule has 16 heavy (non-hydrogen) atoms. The van der Waals surface area contributed by atoms with Crippen LogP contribution in [0.4, 0.5) is 11.6 Å². The molecule has 0 saturated heterocycles. The van der Waals surface area contributed by atoms with E-state index < -0.39 is 5.97 Å². The van der Waals surface area contributed by atoms with Gasteiger partial charge < -0.3 is 15.7 Å². The summed E-state index contributed by atoms with van der Waals surface area (Å²) in [5.41, 5.74) is 0. The van der Waals surface area contributed by atoms with Gasteiger partial charge in [0.25, 0.3) is 0 Å². The third-order valence-corrected chi connectivity index (χ3v) is 1.69. The maximum atomic E-state index is 10.4. The Balaban J connectivity index is 2.72. The number of hydrogen-bond acceptors (Lipinski definition) is 5. The lowest BCUT2D eigenvalue weighted by Gasteiger charge is -2.07. The summed E-state index contributed by atoms with van der Waals surface area (Å²) >= 11 is 0. The van der Waals surface area contributed by atoms with Gasteiger partial charge in [0.15, 0.2) is 0 Å². The van der Waals surface area contributed by atoms with Crippen LogP contribution in [0.1, 0.15) is 5.82 Å². The highest BCUT2D eigenvalue weighted by molar-refractivity contribution is 5.72. The third kappa shape index (κ3) is 3.95. The fraction of sp³-hybridized carbons (Fsp3) is 0.300. The normalized spacial score (nSPS) is 9.56. The van der Waals surface area contributed by atoms with Crippen molar-refractivity contribution in [2.24, 2.45) is 0 Å². The van der Waals surface area contributed by atoms with Crippen molar-refractivity contribution in [3.8, 4) is 0 Å². The molecule has 0 bridgehead atoms. The Labute approximate surface area is 93.4 Å². The van der Waals surface area contributed by atoms with Gasteiger partial charge in [-0.15, -0.1) is 6.58 Å². The number of nitrogens with one attached hydrogen (secondary N) is 2. The summed E-state index contributed by atoms with van der Waals surface area (Å²) in [6.07, 6.45) is 1.71. The molecule has 6 heteroatoms. The van der Waals surface area contributed by atoms with E-state index in [1.165, 1.54) is 0 Å². The van der Waals surface area contributed by atoms with Crippen LogP contribution in [0.2, 0.25) is 0 Å². The molecule has 0 aliphatic carbocycles. The first-order chi connectivity index (χ1) is 7.61. The van der Waals surface area contributed by atoms with Gasteiger partial charge in [-0.25, -0.2) is 9.97 Å². The predicted molar refractivity (Wildman–Crippen MR) is 61.6 cm³/mol. The van der Waals surface area contributed by atoms with E-state index in [4.69, 9.17) is 5.11 Å². The molecule has 0 spiro atoms. The second-order valence-electron chi connectivity index (χ2n) is 3.10. The zero-order valence-corrected chi connectivity index (χ0v) is 9.03. The number of aliphatic carboxylic acids is 1. The summed E-state index contributed by atoms with van der Waals surface area (Å²) in [6, 6.07) is 1.65. The van der Waals surface area contributed by atoms with Crippen molar-refractivity contribution in [1.29, 1.82) is 0 Å². The average molecular weight is 222 g/mol. The van der Waals surface area contributed by atoms with Crippen molar-refractivity contribution in [3.05, 3.63) is 24.5 Å². The first-order valence-electron chi connectivity index (χ1n) is 4.78. The summed E-state index contributed by atoms with van der Waals surface area (Å²) in [6.45, 7) is 5.74. The Morgan fingerprint density at radius 1 is 1.50 bits per heavy atom. The molecule has 1 heterocycles. The van der Waals surface area contributed by atoms with E-state index in [2.05, 4.69) is 27.2 Å². The minimum absolute atomic E-state index is 0.169. The summed E-state index contributed by atoms with van der Waals surface area (Å²) in [5, 5.41) is 14.2. The molecule has 0 amide bonds. The fourth-order valence-electron chi connectivity index (χ4n) is 1.09. The molecule has 0 aromatic carbocycles. The number of nitrogens with zero attached hydrogens (tertiary/aromatic N) is 2. The first kappa shape index (κ1) is 12.0. The van der Waals surface area contributed by atoms with Gasteiger partial charge in [0.1, 0.15) is 24.0 Å². The maximum Gasteiger partial charge on any atom is 0.322 e. The van der Waals surface area contributed by atoms with Crippen LogP contribution in [0.25, 0.3) is 0 Å². The molecule has 3 N–H and O–H groups in total. The van der Waals surface area contributed by atoms with Crippen LogP contribution in [0.15, 0.2) is 18.7 Å². The lowest BCUT2D eigenvalue weighted by Crippen LogP contribution is -2.14. The van der Waals surface area contributed by atoms with Crippen molar-refractivity contribution in [2.45, 2.75) is 6.92 Å². The molecule has 6 nitrogen and oxygen atoms in total. The summed E-state index contributed by atoms with van der Waals surface area (Å²) < 4.78 is 0. The van der Waals surface area contributed by atoms with E-state index in [-0.39, 0.29) is 6.54 Å². The van der Waals surface area contributed by atoms with E-state index in [1.807, 2.05) is 0 Å². The molecule has 86 valence electrons. The molecular formula is C10H14N4O2. The number of aromatic nitrogens is 2. The van der Waals surface area contributed by atoms with Gasteiger partial charge in [-0.2, -0.15) is 0 Å². The highest BCUT2D eigenvalue weighted by atomic mass is 16.4. The van der Waals surface area contributed by atoms with E-state index in [9.17, 15) is 4.79 Å². The van der Waals surface area contributed by atoms with Crippen molar-refractivity contribution >= 4 is 17.6 Å². The van der Waals surface area contributed by atoms with Crippen LogP contribution in [0, 0.1) is 6.92 Å². The molecule has 0 aliphatic rings. The Hall–Kier alpha value is -2.11. The molecule has 1 aromatic heterocycles. The SMILES string of the molecule is C=CCNc1cc(NCC(=O)O)nc(C)n1. The van der Waals surface area contributed by atoms with Crippen molar-refractivity contribution < 1.29 is 9.90 Å². The number of carboxylic acid groups (broad SMARTS) is 1. The number of rotatable bonds is 6. The zero-order valence-electron chi connectivity index (χ0n) is 9.03. The van der Waals surface area contributed by atoms with Crippen molar-refractivity contribution in [2.75, 3.05) is 23.7 Å². The van der Waals surface area contributed by atoms with Crippen LogP contribution < -0.4 is 10.6 Å². The van der Waals surface area contributed by atoms with E-state index >= 15 is 0 Å². The zero-order chi connectivity index (χ0) is 12.0.